The fourth-order valence-corrected chi connectivity index (χ4v) is 1.81. The fourth-order valence-electron chi connectivity index (χ4n) is 1.06. The number of aliphatic carboxylic acids is 1. The molecule has 0 aliphatic heterocycles. The number of aromatic nitrogens is 6. The van der Waals surface area contributed by atoms with Crippen LogP contribution in [0.4, 0.5) is 0 Å². The summed E-state index contributed by atoms with van der Waals surface area (Å²) in [7, 11) is 0. The van der Waals surface area contributed by atoms with Crippen LogP contribution in [-0.2, 0) is 17.1 Å². The van der Waals surface area contributed by atoms with Crippen LogP contribution >= 0.6 is 11.8 Å². The van der Waals surface area contributed by atoms with E-state index < -0.39 is 5.97 Å². The largest absolute Gasteiger partial charge is 0.480 e. The van der Waals surface area contributed by atoms with E-state index in [1.165, 1.54) is 16.4 Å². The topological polar surface area (TPSA) is 107 Å². The maximum absolute atomic E-state index is 10.5. The lowest BCUT2D eigenvalue weighted by Gasteiger charge is -2.00. The maximum Gasteiger partial charge on any atom is 0.325 e. The van der Waals surface area contributed by atoms with Gasteiger partial charge in [-0.1, -0.05) is 11.8 Å². The third-order valence-electron chi connectivity index (χ3n) is 1.73. The van der Waals surface area contributed by atoms with Gasteiger partial charge in [-0.05, 0) is 16.5 Å². The predicted octanol–water partition coefficient (Wildman–Crippen LogP) is -0.160. The first-order valence-electron chi connectivity index (χ1n) is 4.62. The van der Waals surface area contributed by atoms with Crippen molar-refractivity contribution in [3.8, 4) is 0 Å². The number of carboxylic acid groups (broad SMARTS) is 1. The number of nitrogens with zero attached hydrogens (tertiary/aromatic N) is 6. The second kappa shape index (κ2) is 5.34. The van der Waals surface area contributed by atoms with E-state index >= 15 is 0 Å². The van der Waals surface area contributed by atoms with Crippen LogP contribution in [0.5, 0.6) is 0 Å². The molecule has 0 bridgehead atoms. The Morgan fingerprint density at radius 1 is 1.41 bits per heavy atom. The fraction of sp³-hybridized carbons (Fsp3) is 0.250. The van der Waals surface area contributed by atoms with Gasteiger partial charge in [-0.15, -0.1) is 5.10 Å². The molecule has 0 fully saturated rings. The van der Waals surface area contributed by atoms with Crippen LogP contribution in [0.2, 0.25) is 0 Å². The van der Waals surface area contributed by atoms with Crippen molar-refractivity contribution in [2.75, 3.05) is 0 Å². The van der Waals surface area contributed by atoms with Crippen molar-refractivity contribution in [3.63, 3.8) is 0 Å². The summed E-state index contributed by atoms with van der Waals surface area (Å²) in [6, 6.07) is 1.72. The molecule has 0 aliphatic carbocycles. The number of rotatable bonds is 5. The molecule has 0 amide bonds. The minimum atomic E-state index is -0.991. The van der Waals surface area contributed by atoms with Crippen LogP contribution in [0, 0.1) is 0 Å². The lowest BCUT2D eigenvalue weighted by Crippen LogP contribution is -2.11. The standard InChI is InChI=1S/C8H8N6O2S/c15-7(16)4-14-8(11-12-13-14)17-5-6-9-2-1-3-10-6/h1-3H,4-5H2,(H,15,16). The first-order chi connectivity index (χ1) is 8.25. The number of hydrogen-bond donors (Lipinski definition) is 1. The summed E-state index contributed by atoms with van der Waals surface area (Å²) in [4.78, 5) is 18.6. The zero-order chi connectivity index (χ0) is 12.1. The second-order valence-corrected chi connectivity index (χ2v) is 3.91. The van der Waals surface area contributed by atoms with Crippen molar-refractivity contribution >= 4 is 17.7 Å². The highest BCUT2D eigenvalue weighted by Crippen LogP contribution is 2.17. The van der Waals surface area contributed by atoms with Crippen molar-refractivity contribution in [2.24, 2.45) is 0 Å². The predicted molar refractivity (Wildman–Crippen MR) is 57.0 cm³/mol. The van der Waals surface area contributed by atoms with Crippen LogP contribution in [-0.4, -0.2) is 41.3 Å². The van der Waals surface area contributed by atoms with Gasteiger partial charge in [0.2, 0.25) is 5.16 Å². The number of thioether (sulfide) groups is 1. The number of hydrogen-bond acceptors (Lipinski definition) is 7. The van der Waals surface area contributed by atoms with E-state index in [9.17, 15) is 4.79 Å². The normalized spacial score (nSPS) is 10.4. The molecule has 8 nitrogen and oxygen atoms in total. The van der Waals surface area contributed by atoms with E-state index in [4.69, 9.17) is 5.11 Å². The molecule has 0 unspecified atom stereocenters. The quantitative estimate of drug-likeness (QED) is 0.731. The zero-order valence-corrected chi connectivity index (χ0v) is 9.41. The Morgan fingerprint density at radius 3 is 2.88 bits per heavy atom. The average Bonchev–Trinajstić information content (AvgIpc) is 2.74. The molecule has 2 heterocycles. The summed E-state index contributed by atoms with van der Waals surface area (Å²) in [5, 5.41) is 19.8. The van der Waals surface area contributed by atoms with Crippen molar-refractivity contribution in [1.29, 1.82) is 0 Å². The van der Waals surface area contributed by atoms with Crippen LogP contribution < -0.4 is 0 Å². The van der Waals surface area contributed by atoms with Crippen LogP contribution in [0.3, 0.4) is 0 Å². The van der Waals surface area contributed by atoms with Gasteiger partial charge in [0.25, 0.3) is 0 Å². The van der Waals surface area contributed by atoms with Gasteiger partial charge >= 0.3 is 5.97 Å². The van der Waals surface area contributed by atoms with E-state index in [-0.39, 0.29) is 6.54 Å². The minimum absolute atomic E-state index is 0.259. The molecule has 0 aromatic carbocycles. The first kappa shape index (κ1) is 11.5. The molecule has 0 atom stereocenters. The second-order valence-electron chi connectivity index (χ2n) is 2.97. The summed E-state index contributed by atoms with van der Waals surface area (Å²) in [5.74, 6) is 0.137. The minimum Gasteiger partial charge on any atom is -0.480 e. The highest BCUT2D eigenvalue weighted by atomic mass is 32.2. The molecule has 0 saturated carbocycles. The van der Waals surface area contributed by atoms with E-state index in [0.717, 1.165) is 0 Å². The molecule has 9 heteroatoms. The molecule has 2 aromatic rings. The Bertz CT molecular complexity index is 502. The van der Waals surface area contributed by atoms with Crippen molar-refractivity contribution in [2.45, 2.75) is 17.5 Å². The van der Waals surface area contributed by atoms with Gasteiger partial charge in [0.1, 0.15) is 12.4 Å². The Morgan fingerprint density at radius 2 is 2.18 bits per heavy atom. The molecular weight excluding hydrogens is 244 g/mol. The molecule has 1 N–H and O–H groups in total. The smallest absolute Gasteiger partial charge is 0.325 e. The maximum atomic E-state index is 10.5. The highest BCUT2D eigenvalue weighted by Gasteiger charge is 2.10. The molecule has 2 aromatic heterocycles. The Hall–Kier alpha value is -2.03. The first-order valence-corrected chi connectivity index (χ1v) is 5.61. The van der Waals surface area contributed by atoms with Gasteiger partial charge < -0.3 is 5.11 Å². The number of tetrazole rings is 1. The highest BCUT2D eigenvalue weighted by molar-refractivity contribution is 7.98. The third kappa shape index (κ3) is 3.21. The van der Waals surface area contributed by atoms with Gasteiger partial charge in [0.05, 0.1) is 5.75 Å². The molecule has 0 aliphatic rings. The van der Waals surface area contributed by atoms with Gasteiger partial charge in [-0.3, -0.25) is 4.79 Å². The lowest BCUT2D eigenvalue weighted by atomic mass is 10.6. The third-order valence-corrected chi connectivity index (χ3v) is 2.69. The summed E-state index contributed by atoms with van der Waals surface area (Å²) >= 11 is 1.29. The van der Waals surface area contributed by atoms with Crippen LogP contribution in [0.1, 0.15) is 5.82 Å². The van der Waals surface area contributed by atoms with E-state index in [1.807, 2.05) is 0 Å². The van der Waals surface area contributed by atoms with Crippen molar-refractivity contribution in [3.05, 3.63) is 24.3 Å². The molecule has 0 radical (unpaired) electrons. The van der Waals surface area contributed by atoms with Crippen LogP contribution in [0.15, 0.2) is 23.6 Å². The van der Waals surface area contributed by atoms with Crippen molar-refractivity contribution in [1.82, 2.24) is 30.2 Å². The monoisotopic (exact) mass is 252 g/mol. The molecule has 0 saturated heterocycles. The SMILES string of the molecule is O=C(O)Cn1nnnc1SCc1ncccn1. The Labute approximate surface area is 100 Å². The molecule has 17 heavy (non-hydrogen) atoms. The molecule has 88 valence electrons. The molecular formula is C8H8N6O2S. The van der Waals surface area contributed by atoms with Gasteiger partial charge in [0.15, 0.2) is 0 Å². The van der Waals surface area contributed by atoms with Gasteiger partial charge in [-0.2, -0.15) is 0 Å². The molecule has 2 rings (SSSR count). The Balaban J connectivity index is 2.00. The van der Waals surface area contributed by atoms with Gasteiger partial charge in [-0.25, -0.2) is 14.6 Å². The van der Waals surface area contributed by atoms with Gasteiger partial charge in [0, 0.05) is 12.4 Å². The zero-order valence-electron chi connectivity index (χ0n) is 8.59. The number of carbonyl (C=O) groups is 1. The summed E-state index contributed by atoms with van der Waals surface area (Å²) in [6.45, 7) is -0.259. The van der Waals surface area contributed by atoms with E-state index in [0.29, 0.717) is 16.7 Å². The lowest BCUT2D eigenvalue weighted by molar-refractivity contribution is -0.138. The summed E-state index contributed by atoms with van der Waals surface area (Å²) < 4.78 is 1.22. The van der Waals surface area contributed by atoms with Crippen molar-refractivity contribution < 1.29 is 9.90 Å². The van der Waals surface area contributed by atoms with Crippen LogP contribution in [0.25, 0.3) is 0 Å². The number of carboxylic acids is 1. The summed E-state index contributed by atoms with van der Waals surface area (Å²) in [6.07, 6.45) is 3.28. The summed E-state index contributed by atoms with van der Waals surface area (Å²) in [5.41, 5.74) is 0. The van der Waals surface area contributed by atoms with E-state index in [2.05, 4.69) is 25.5 Å². The average molecular weight is 252 g/mol. The molecule has 0 spiro atoms. The van der Waals surface area contributed by atoms with E-state index in [1.54, 1.807) is 18.5 Å². The Kier molecular flexibility index (Phi) is 3.60.